The zero-order chi connectivity index (χ0) is 25.1. The average molecular weight is 478 g/mol. The lowest BCUT2D eigenvalue weighted by molar-refractivity contribution is -0.274. The molecule has 13 heteroatoms. The van der Waals surface area contributed by atoms with Crippen LogP contribution in [-0.2, 0) is 28.5 Å². The average Bonchev–Trinajstić information content (AvgIpc) is 2.83. The summed E-state index contributed by atoms with van der Waals surface area (Å²) in [6.45, 7) is 1.30. The molecule has 0 fully saturated rings. The van der Waals surface area contributed by atoms with Crippen LogP contribution in [0.4, 0.5) is 5.82 Å². The van der Waals surface area contributed by atoms with Crippen molar-refractivity contribution in [3.63, 3.8) is 0 Å². The van der Waals surface area contributed by atoms with Gasteiger partial charge >= 0.3 is 17.6 Å². The smallest absolute Gasteiger partial charge is 0.353 e. The monoisotopic (exact) mass is 478 g/mol. The van der Waals surface area contributed by atoms with Gasteiger partial charge in [0.15, 0.2) is 6.29 Å². The van der Waals surface area contributed by atoms with E-state index in [1.807, 2.05) is 0 Å². The molecule has 0 aliphatic rings. The minimum Gasteiger partial charge on any atom is -0.460 e. The number of rotatable bonds is 12. The van der Waals surface area contributed by atoms with E-state index in [1.165, 1.54) is 38.6 Å². The van der Waals surface area contributed by atoms with Crippen molar-refractivity contribution in [2.45, 2.75) is 32.5 Å². The molecule has 34 heavy (non-hydrogen) atoms. The molecular formula is C21H26N4O9. The standard InChI is InChI=1S/C21H26N4O9/c1-13(24-29)14-4-6-15(7-5-14)33-18(27)9-8-17(26)32-12-19(30-2)34-21(31-3)25-11-10-16(22)23-20(25)28/h4-7,10-11,19,21,29H,8-9,12H2,1-3H3,(H2,22,23,28)/b24-13+. The number of benzene rings is 1. The predicted octanol–water partition coefficient (Wildman–Crippen LogP) is 1.04. The highest BCUT2D eigenvalue weighted by Crippen LogP contribution is 2.15. The SMILES string of the molecule is COC(COC(=O)CCC(=O)Oc1ccc(/C(C)=N/O)cc1)OC(OC)n1ccc(N)nc1=O. The van der Waals surface area contributed by atoms with Crippen LogP contribution in [0.3, 0.4) is 0 Å². The van der Waals surface area contributed by atoms with E-state index in [1.54, 1.807) is 19.1 Å². The van der Waals surface area contributed by atoms with Gasteiger partial charge in [-0.3, -0.25) is 9.59 Å². The Morgan fingerprint density at radius 1 is 1.12 bits per heavy atom. The fourth-order valence-corrected chi connectivity index (χ4v) is 2.56. The number of anilines is 1. The zero-order valence-corrected chi connectivity index (χ0v) is 18.9. The van der Waals surface area contributed by atoms with Crippen LogP contribution in [0.15, 0.2) is 46.5 Å². The largest absolute Gasteiger partial charge is 0.460 e. The Hall–Kier alpha value is -3.81. The van der Waals surface area contributed by atoms with Crippen LogP contribution >= 0.6 is 0 Å². The van der Waals surface area contributed by atoms with Gasteiger partial charge in [-0.2, -0.15) is 4.98 Å². The van der Waals surface area contributed by atoms with Crippen molar-refractivity contribution in [2.75, 3.05) is 26.6 Å². The fraction of sp³-hybridized carbons (Fsp3) is 0.381. The Labute approximate surface area is 194 Å². The molecule has 2 atom stereocenters. The van der Waals surface area contributed by atoms with Crippen molar-refractivity contribution >= 4 is 23.5 Å². The van der Waals surface area contributed by atoms with Crippen LogP contribution in [0, 0.1) is 0 Å². The lowest BCUT2D eigenvalue weighted by Gasteiger charge is -2.23. The summed E-state index contributed by atoms with van der Waals surface area (Å²) in [5.41, 5.74) is 5.82. The Morgan fingerprint density at radius 2 is 1.79 bits per heavy atom. The molecule has 1 aromatic heterocycles. The van der Waals surface area contributed by atoms with Gasteiger partial charge < -0.3 is 34.6 Å². The number of hydrogen-bond acceptors (Lipinski definition) is 12. The molecule has 0 bridgehead atoms. The topological polar surface area (TPSA) is 174 Å². The third kappa shape index (κ3) is 7.95. The minimum atomic E-state index is -1.21. The van der Waals surface area contributed by atoms with Crippen molar-refractivity contribution in [3.05, 3.63) is 52.6 Å². The maximum atomic E-state index is 12.0. The van der Waals surface area contributed by atoms with E-state index in [0.717, 1.165) is 4.57 Å². The highest BCUT2D eigenvalue weighted by atomic mass is 16.8. The lowest BCUT2D eigenvalue weighted by Crippen LogP contribution is -2.34. The van der Waals surface area contributed by atoms with E-state index < -0.39 is 30.3 Å². The molecule has 184 valence electrons. The van der Waals surface area contributed by atoms with Gasteiger partial charge in [0, 0.05) is 20.4 Å². The molecule has 0 spiro atoms. The van der Waals surface area contributed by atoms with Crippen LogP contribution in [0.25, 0.3) is 0 Å². The molecule has 1 heterocycles. The fourth-order valence-electron chi connectivity index (χ4n) is 2.56. The molecule has 0 saturated heterocycles. The second-order valence-corrected chi connectivity index (χ2v) is 6.75. The third-order valence-electron chi connectivity index (χ3n) is 4.38. The summed E-state index contributed by atoms with van der Waals surface area (Å²) in [5, 5.41) is 11.9. The molecule has 0 saturated carbocycles. The van der Waals surface area contributed by atoms with Crippen molar-refractivity contribution in [2.24, 2.45) is 5.16 Å². The summed E-state index contributed by atoms with van der Waals surface area (Å²) in [4.78, 5) is 39.5. The first kappa shape index (κ1) is 26.4. The van der Waals surface area contributed by atoms with Crippen LogP contribution in [0.1, 0.15) is 31.7 Å². The predicted molar refractivity (Wildman–Crippen MR) is 117 cm³/mol. The molecule has 3 N–H and O–H groups in total. The molecule has 13 nitrogen and oxygen atoms in total. The van der Waals surface area contributed by atoms with Gasteiger partial charge in [0.05, 0.1) is 18.6 Å². The summed E-state index contributed by atoms with van der Waals surface area (Å²) >= 11 is 0. The van der Waals surface area contributed by atoms with E-state index in [9.17, 15) is 14.4 Å². The van der Waals surface area contributed by atoms with Gasteiger partial charge in [-0.15, -0.1) is 0 Å². The lowest BCUT2D eigenvalue weighted by atomic mass is 10.1. The Kier molecular flexibility index (Phi) is 10.1. The number of carbonyl (C=O) groups is 2. The molecule has 1 aromatic carbocycles. The molecule has 0 aliphatic carbocycles. The van der Waals surface area contributed by atoms with Crippen LogP contribution in [0.5, 0.6) is 5.75 Å². The quantitative estimate of drug-likeness (QED) is 0.111. The number of nitrogen functional groups attached to an aromatic ring is 1. The van der Waals surface area contributed by atoms with Crippen molar-refractivity contribution < 1.29 is 38.5 Å². The maximum absolute atomic E-state index is 12.0. The summed E-state index contributed by atoms with van der Waals surface area (Å²) < 4.78 is 27.0. The van der Waals surface area contributed by atoms with E-state index >= 15 is 0 Å². The highest BCUT2D eigenvalue weighted by Gasteiger charge is 2.21. The Balaban J connectivity index is 1.80. The van der Waals surface area contributed by atoms with Gasteiger partial charge in [0.2, 0.25) is 6.41 Å². The van der Waals surface area contributed by atoms with Gasteiger partial charge in [-0.25, -0.2) is 9.36 Å². The van der Waals surface area contributed by atoms with E-state index in [4.69, 9.17) is 34.6 Å². The molecule has 2 aromatic rings. The Morgan fingerprint density at radius 3 is 2.38 bits per heavy atom. The van der Waals surface area contributed by atoms with Gasteiger partial charge in [0.25, 0.3) is 0 Å². The first-order valence-electron chi connectivity index (χ1n) is 9.98. The molecular weight excluding hydrogens is 452 g/mol. The van der Waals surface area contributed by atoms with Crippen LogP contribution in [0.2, 0.25) is 0 Å². The molecule has 2 rings (SSSR count). The number of oxime groups is 1. The number of nitrogens with two attached hydrogens (primary N) is 1. The normalized spacial score (nSPS) is 13.2. The molecule has 0 amide bonds. The second-order valence-electron chi connectivity index (χ2n) is 6.75. The van der Waals surface area contributed by atoms with Crippen LogP contribution < -0.4 is 16.2 Å². The third-order valence-corrected chi connectivity index (χ3v) is 4.38. The minimum absolute atomic E-state index is 0.0371. The number of ether oxygens (including phenoxy) is 5. The van der Waals surface area contributed by atoms with Gasteiger partial charge in [-0.1, -0.05) is 5.16 Å². The number of hydrogen-bond donors (Lipinski definition) is 2. The summed E-state index contributed by atoms with van der Waals surface area (Å²) in [6.07, 6.45) is -1.41. The van der Waals surface area contributed by atoms with E-state index in [-0.39, 0.29) is 31.0 Å². The number of aromatic nitrogens is 2. The number of methoxy groups -OCH3 is 2. The van der Waals surface area contributed by atoms with Crippen molar-refractivity contribution in [1.82, 2.24) is 9.55 Å². The summed E-state index contributed by atoms with van der Waals surface area (Å²) in [7, 11) is 2.61. The van der Waals surface area contributed by atoms with Gasteiger partial charge in [0.1, 0.15) is 18.2 Å². The first-order chi connectivity index (χ1) is 16.3. The number of carbonyl (C=O) groups excluding carboxylic acids is 2. The van der Waals surface area contributed by atoms with Crippen molar-refractivity contribution in [1.29, 1.82) is 0 Å². The second kappa shape index (κ2) is 13.0. The molecule has 0 radical (unpaired) electrons. The number of esters is 2. The first-order valence-corrected chi connectivity index (χ1v) is 9.98. The van der Waals surface area contributed by atoms with E-state index in [2.05, 4.69) is 10.1 Å². The molecule has 0 aliphatic heterocycles. The molecule has 2 unspecified atom stereocenters. The number of nitrogens with zero attached hydrogens (tertiary/aromatic N) is 3. The van der Waals surface area contributed by atoms with Crippen LogP contribution in [-0.4, -0.2) is 59.5 Å². The Bertz CT molecular complexity index is 1050. The summed E-state index contributed by atoms with van der Waals surface area (Å²) in [5.74, 6) is -1.01. The van der Waals surface area contributed by atoms with Gasteiger partial charge in [-0.05, 0) is 42.8 Å². The highest BCUT2D eigenvalue weighted by molar-refractivity contribution is 5.98. The summed E-state index contributed by atoms with van der Waals surface area (Å²) in [6, 6.07) is 7.71. The van der Waals surface area contributed by atoms with Crippen molar-refractivity contribution in [3.8, 4) is 5.75 Å². The van der Waals surface area contributed by atoms with E-state index in [0.29, 0.717) is 11.3 Å². The zero-order valence-electron chi connectivity index (χ0n) is 18.9. The maximum Gasteiger partial charge on any atom is 0.353 e.